The Bertz CT molecular complexity index is 1610. The number of carboxylic acids is 1. The highest BCUT2D eigenvalue weighted by Gasteiger charge is 2.25. The van der Waals surface area contributed by atoms with Crippen LogP contribution in [0.3, 0.4) is 0 Å². The van der Waals surface area contributed by atoms with Gasteiger partial charge in [0.25, 0.3) is 6.29 Å². The van der Waals surface area contributed by atoms with Crippen molar-refractivity contribution in [2.45, 2.75) is 341 Å². The van der Waals surface area contributed by atoms with Gasteiger partial charge in [0.1, 0.15) is 13.2 Å². The van der Waals surface area contributed by atoms with E-state index < -0.39 is 18.4 Å². The minimum atomic E-state index is -1.51. The number of allylic oxidation sites excluding steroid dienone is 12. The summed E-state index contributed by atoms with van der Waals surface area (Å²) in [6.45, 7) is 4.82. The van der Waals surface area contributed by atoms with Crippen LogP contribution in [-0.2, 0) is 33.3 Å². The number of quaternary nitrogens is 1. The molecule has 2 unspecified atom stereocenters. The Labute approximate surface area is 519 Å². The van der Waals surface area contributed by atoms with E-state index in [2.05, 4.69) is 86.8 Å². The van der Waals surface area contributed by atoms with Gasteiger partial charge in [-0.15, -0.1) is 0 Å². The molecule has 0 saturated carbocycles. The first-order valence-corrected chi connectivity index (χ1v) is 35.6. The molecular weight excluding hydrogens is 1040 g/mol. The second-order valence-corrected chi connectivity index (χ2v) is 25.2. The lowest BCUT2D eigenvalue weighted by Gasteiger charge is -2.25. The van der Waals surface area contributed by atoms with Crippen molar-refractivity contribution in [1.82, 2.24) is 0 Å². The molecule has 9 nitrogen and oxygen atoms in total. The van der Waals surface area contributed by atoms with Crippen molar-refractivity contribution < 1.29 is 42.9 Å². The van der Waals surface area contributed by atoms with Crippen LogP contribution in [0.1, 0.15) is 328 Å². The lowest BCUT2D eigenvalue weighted by atomic mass is 10.0. The Hall–Kier alpha value is -3.27. The van der Waals surface area contributed by atoms with Crippen LogP contribution in [0.25, 0.3) is 0 Å². The van der Waals surface area contributed by atoms with Gasteiger partial charge >= 0.3 is 17.9 Å². The van der Waals surface area contributed by atoms with Crippen molar-refractivity contribution in [2.24, 2.45) is 0 Å². The van der Waals surface area contributed by atoms with E-state index >= 15 is 0 Å². The van der Waals surface area contributed by atoms with Gasteiger partial charge in [0, 0.05) is 12.8 Å². The van der Waals surface area contributed by atoms with Gasteiger partial charge in [-0.1, -0.05) is 324 Å². The van der Waals surface area contributed by atoms with Crippen LogP contribution < -0.4 is 0 Å². The van der Waals surface area contributed by atoms with E-state index in [9.17, 15) is 19.5 Å². The number of unbranched alkanes of at least 4 members (excludes halogenated alkanes) is 39. The maximum absolute atomic E-state index is 12.9. The number of aliphatic carboxylic acids is 1. The summed E-state index contributed by atoms with van der Waals surface area (Å²) < 4.78 is 23.0. The predicted molar refractivity (Wildman–Crippen MR) is 359 cm³/mol. The van der Waals surface area contributed by atoms with Crippen LogP contribution in [0.15, 0.2) is 72.9 Å². The lowest BCUT2D eigenvalue weighted by molar-refractivity contribution is -0.870. The van der Waals surface area contributed by atoms with Gasteiger partial charge in [0.15, 0.2) is 6.10 Å². The molecule has 84 heavy (non-hydrogen) atoms. The predicted octanol–water partition coefficient (Wildman–Crippen LogP) is 22.1. The van der Waals surface area contributed by atoms with Crippen molar-refractivity contribution >= 4 is 17.9 Å². The average Bonchev–Trinajstić information content (AvgIpc) is 3.52. The Morgan fingerprint density at radius 1 is 0.369 bits per heavy atom. The molecule has 0 aliphatic rings. The van der Waals surface area contributed by atoms with E-state index in [4.69, 9.17) is 18.9 Å². The van der Waals surface area contributed by atoms with Crippen LogP contribution in [0.5, 0.6) is 0 Å². The fourth-order valence-corrected chi connectivity index (χ4v) is 10.3. The number of rotatable bonds is 66. The number of carbonyl (C=O) groups excluding carboxylic acids is 2. The second-order valence-electron chi connectivity index (χ2n) is 25.2. The van der Waals surface area contributed by atoms with E-state index in [1.807, 2.05) is 21.1 Å². The van der Waals surface area contributed by atoms with Gasteiger partial charge in [0.05, 0.1) is 34.4 Å². The molecule has 1 N–H and O–H groups in total. The molecule has 0 aliphatic carbocycles. The maximum Gasteiger partial charge on any atom is 0.361 e. The molecule has 0 aliphatic heterocycles. The largest absolute Gasteiger partial charge is 0.477 e. The molecule has 0 rings (SSSR count). The van der Waals surface area contributed by atoms with E-state index in [1.54, 1.807) is 0 Å². The first-order chi connectivity index (χ1) is 41.1. The third kappa shape index (κ3) is 66.3. The molecule has 0 aromatic rings. The molecule has 0 fully saturated rings. The topological polar surface area (TPSA) is 108 Å². The van der Waals surface area contributed by atoms with Crippen molar-refractivity contribution in [3.05, 3.63) is 72.9 Å². The quantitative estimate of drug-likeness (QED) is 0.0211. The maximum atomic E-state index is 12.9. The summed E-state index contributed by atoms with van der Waals surface area (Å²) in [5, 5.41) is 9.74. The summed E-state index contributed by atoms with van der Waals surface area (Å²) >= 11 is 0. The van der Waals surface area contributed by atoms with E-state index in [-0.39, 0.29) is 38.2 Å². The van der Waals surface area contributed by atoms with Crippen LogP contribution in [0.4, 0.5) is 0 Å². The summed E-state index contributed by atoms with van der Waals surface area (Å²) in [5.41, 5.74) is 0. The first-order valence-electron chi connectivity index (χ1n) is 35.6. The van der Waals surface area contributed by atoms with E-state index in [0.29, 0.717) is 17.4 Å². The Balaban J connectivity index is 4.01. The summed E-state index contributed by atoms with van der Waals surface area (Å²) in [6.07, 6.45) is 84.5. The fraction of sp³-hybridized carbons (Fsp3) is 0.800. The smallest absolute Gasteiger partial charge is 0.361 e. The summed E-state index contributed by atoms with van der Waals surface area (Å²) in [6, 6.07) is 0. The zero-order valence-corrected chi connectivity index (χ0v) is 55.8. The van der Waals surface area contributed by atoms with Gasteiger partial charge in [-0.3, -0.25) is 9.59 Å². The molecular formula is C75H136NO8+. The number of carboxylic acid groups (broad SMARTS) is 1. The standard InChI is InChI=1S/C75H135NO8/c1-6-8-10-12-14-16-18-20-22-24-26-28-29-30-31-32-33-34-35-36-37-38-39-40-41-42-43-44-45-46-48-50-52-54-56-58-60-62-64-66-73(78)84-71(70-83-75(74(79)80)81-68-67-76(3,4)5)69-82-72(77)65-63-61-59-57-55-53-51-49-47-27-25-23-21-19-17-15-13-11-9-7-2/h8,10,14,16,20,22,26,28,30-31,33-34,71,75H,6-7,9,11-13,15,17-19,21,23-25,27,29,32,35-70H2,1-5H3/p+1/b10-8-,16-14-,22-20-,28-26-,31-30-,34-33-. The fourth-order valence-electron chi connectivity index (χ4n) is 10.3. The van der Waals surface area contributed by atoms with E-state index in [1.165, 1.54) is 225 Å². The Morgan fingerprint density at radius 3 is 1.01 bits per heavy atom. The molecule has 0 amide bonds. The van der Waals surface area contributed by atoms with Crippen molar-refractivity contribution in [3.8, 4) is 0 Å². The molecule has 0 aromatic heterocycles. The van der Waals surface area contributed by atoms with Gasteiger partial charge in [-0.05, 0) is 64.2 Å². The van der Waals surface area contributed by atoms with Crippen LogP contribution in [0.2, 0.25) is 0 Å². The number of likely N-dealkylation sites (N-methyl/N-ethyl adjacent to an activating group) is 1. The normalized spacial score (nSPS) is 13.1. The SMILES string of the molecule is CC/C=C\C/C=C\C/C=C\C/C=C\C/C=C\C/C=C\CCCCCCCCCCCCCCCCCCCCCCC(=O)OC(COC(=O)CCCCCCCCCCCCCCCCCCCCCC)COC(OCC[N+](C)(C)C)C(=O)O. The molecule has 2 atom stereocenters. The second kappa shape index (κ2) is 65.7. The number of hydrogen-bond donors (Lipinski definition) is 1. The average molecular weight is 1180 g/mol. The molecule has 0 saturated heterocycles. The highest BCUT2D eigenvalue weighted by molar-refractivity contribution is 5.71. The summed E-state index contributed by atoms with van der Waals surface area (Å²) in [5.74, 6) is -1.98. The minimum Gasteiger partial charge on any atom is -0.477 e. The monoisotopic (exact) mass is 1180 g/mol. The summed E-state index contributed by atoms with van der Waals surface area (Å²) in [4.78, 5) is 37.6. The van der Waals surface area contributed by atoms with Crippen molar-refractivity contribution in [1.29, 1.82) is 0 Å². The summed E-state index contributed by atoms with van der Waals surface area (Å²) in [7, 11) is 5.99. The molecule has 0 bridgehead atoms. The highest BCUT2D eigenvalue weighted by atomic mass is 16.7. The zero-order valence-electron chi connectivity index (χ0n) is 55.8. The number of ether oxygens (including phenoxy) is 4. The molecule has 9 heteroatoms. The third-order valence-corrected chi connectivity index (χ3v) is 15.7. The first kappa shape index (κ1) is 80.7. The number of nitrogens with zero attached hydrogens (tertiary/aromatic N) is 1. The van der Waals surface area contributed by atoms with Crippen LogP contribution in [0, 0.1) is 0 Å². The zero-order chi connectivity index (χ0) is 61.2. The molecule has 0 radical (unpaired) electrons. The number of esters is 2. The molecule has 0 heterocycles. The van der Waals surface area contributed by atoms with Crippen LogP contribution in [-0.4, -0.2) is 87.4 Å². The van der Waals surface area contributed by atoms with E-state index in [0.717, 1.165) is 77.0 Å². The van der Waals surface area contributed by atoms with Gasteiger partial charge < -0.3 is 28.5 Å². The number of carbonyl (C=O) groups is 3. The molecule has 0 spiro atoms. The van der Waals surface area contributed by atoms with Gasteiger partial charge in [0.2, 0.25) is 0 Å². The minimum absolute atomic E-state index is 0.177. The van der Waals surface area contributed by atoms with Crippen LogP contribution >= 0.6 is 0 Å². The third-order valence-electron chi connectivity index (χ3n) is 15.7. The molecule has 0 aromatic carbocycles. The number of hydrogen-bond acceptors (Lipinski definition) is 7. The Morgan fingerprint density at radius 2 is 0.679 bits per heavy atom. The highest BCUT2D eigenvalue weighted by Crippen LogP contribution is 2.18. The Kier molecular flexibility index (Phi) is 63.1. The molecule has 488 valence electrons. The lowest BCUT2D eigenvalue weighted by Crippen LogP contribution is -2.40. The van der Waals surface area contributed by atoms with Gasteiger partial charge in [-0.2, -0.15) is 0 Å². The van der Waals surface area contributed by atoms with Crippen molar-refractivity contribution in [3.63, 3.8) is 0 Å². The van der Waals surface area contributed by atoms with Gasteiger partial charge in [-0.25, -0.2) is 4.79 Å². The van der Waals surface area contributed by atoms with Crippen molar-refractivity contribution in [2.75, 3.05) is 47.5 Å².